The maximum Gasteiger partial charge on any atom is 0.360 e. The molecule has 120 valence electrons. The van der Waals surface area contributed by atoms with Crippen molar-refractivity contribution in [3.63, 3.8) is 0 Å². The minimum atomic E-state index is -0.436. The van der Waals surface area contributed by atoms with Gasteiger partial charge in [-0.25, -0.2) is 9.78 Å². The van der Waals surface area contributed by atoms with Crippen LogP contribution in [0.2, 0.25) is 0 Å². The molecule has 1 rings (SSSR count). The monoisotopic (exact) mass is 295 g/mol. The van der Waals surface area contributed by atoms with Gasteiger partial charge in [0.1, 0.15) is 11.6 Å². The molecule has 0 aliphatic rings. The van der Waals surface area contributed by atoms with Crippen LogP contribution in [0.3, 0.4) is 0 Å². The summed E-state index contributed by atoms with van der Waals surface area (Å²) in [6.45, 7) is 9.30. The number of anilines is 1. The highest BCUT2D eigenvalue weighted by Crippen LogP contribution is 2.17. The molecule has 21 heavy (non-hydrogen) atoms. The van der Waals surface area contributed by atoms with E-state index in [4.69, 9.17) is 10.5 Å². The van der Waals surface area contributed by atoms with Crippen molar-refractivity contribution in [2.24, 2.45) is 5.92 Å². The number of aryl methyl sites for hydroxylation is 1. The molecule has 5 heteroatoms. The number of imidazole rings is 1. The number of ether oxygens (including phenoxy) is 1. The van der Waals surface area contributed by atoms with Crippen molar-refractivity contribution in [3.05, 3.63) is 11.5 Å². The molecule has 0 aliphatic heterocycles. The third kappa shape index (κ3) is 5.40. The molecule has 1 aromatic rings. The third-order valence-electron chi connectivity index (χ3n) is 3.58. The lowest BCUT2D eigenvalue weighted by molar-refractivity contribution is 0.0521. The second kappa shape index (κ2) is 8.70. The molecule has 0 atom stereocenters. The standard InChI is InChI=1S/C16H29N3O2/c1-5-21-16(20)14-15(17)19(13(4)18-14)11-9-7-6-8-10-12(2)3/h12H,5-11,17H2,1-4H3. The van der Waals surface area contributed by atoms with Crippen LogP contribution < -0.4 is 5.73 Å². The van der Waals surface area contributed by atoms with E-state index in [1.807, 2.05) is 11.5 Å². The van der Waals surface area contributed by atoms with Crippen molar-refractivity contribution in [1.29, 1.82) is 0 Å². The predicted molar refractivity (Wildman–Crippen MR) is 85.3 cm³/mol. The van der Waals surface area contributed by atoms with Gasteiger partial charge in [0.2, 0.25) is 0 Å². The highest BCUT2D eigenvalue weighted by Gasteiger charge is 2.19. The quantitative estimate of drug-likeness (QED) is 0.558. The van der Waals surface area contributed by atoms with Crippen LogP contribution in [0.5, 0.6) is 0 Å². The summed E-state index contributed by atoms with van der Waals surface area (Å²) in [5.41, 5.74) is 6.26. The molecule has 0 bridgehead atoms. The van der Waals surface area contributed by atoms with Crippen LogP contribution in [0.1, 0.15) is 69.2 Å². The maximum atomic E-state index is 11.7. The number of aromatic nitrogens is 2. The van der Waals surface area contributed by atoms with E-state index < -0.39 is 5.97 Å². The zero-order chi connectivity index (χ0) is 15.8. The summed E-state index contributed by atoms with van der Waals surface area (Å²) >= 11 is 0. The normalized spacial score (nSPS) is 11.1. The number of nitrogens with zero attached hydrogens (tertiary/aromatic N) is 2. The lowest BCUT2D eigenvalue weighted by Gasteiger charge is -2.08. The Kier molecular flexibility index (Phi) is 7.26. The van der Waals surface area contributed by atoms with Crippen LogP contribution in [-0.2, 0) is 11.3 Å². The zero-order valence-corrected chi connectivity index (χ0v) is 13.8. The first kappa shape index (κ1) is 17.5. The van der Waals surface area contributed by atoms with E-state index in [2.05, 4.69) is 18.8 Å². The first-order chi connectivity index (χ1) is 9.97. The molecule has 1 aromatic heterocycles. The fraction of sp³-hybridized carbons (Fsp3) is 0.750. The van der Waals surface area contributed by atoms with Gasteiger partial charge in [-0.2, -0.15) is 0 Å². The third-order valence-corrected chi connectivity index (χ3v) is 3.58. The molecule has 2 N–H and O–H groups in total. The Morgan fingerprint density at radius 1 is 1.29 bits per heavy atom. The Bertz CT molecular complexity index is 453. The summed E-state index contributed by atoms with van der Waals surface area (Å²) in [5, 5.41) is 0. The Labute approximate surface area is 127 Å². The topological polar surface area (TPSA) is 70.1 Å². The number of hydrogen-bond donors (Lipinski definition) is 1. The second-order valence-electron chi connectivity index (χ2n) is 5.86. The summed E-state index contributed by atoms with van der Waals surface area (Å²) in [5.74, 6) is 1.54. The number of hydrogen-bond acceptors (Lipinski definition) is 4. The Morgan fingerprint density at radius 3 is 2.57 bits per heavy atom. The molecule has 0 unspecified atom stereocenters. The molecule has 0 saturated heterocycles. The largest absolute Gasteiger partial charge is 0.461 e. The number of unbranched alkanes of at least 4 members (excludes halogenated alkanes) is 3. The molecule has 5 nitrogen and oxygen atoms in total. The van der Waals surface area contributed by atoms with Gasteiger partial charge in [-0.1, -0.05) is 39.5 Å². The number of rotatable bonds is 9. The SMILES string of the molecule is CCOC(=O)c1nc(C)n(CCCCCCC(C)C)c1N. The number of carbonyl (C=O) groups is 1. The predicted octanol–water partition coefficient (Wildman–Crippen LogP) is 3.56. The van der Waals surface area contributed by atoms with E-state index in [0.717, 1.165) is 24.7 Å². The van der Waals surface area contributed by atoms with Crippen molar-refractivity contribution in [2.45, 2.75) is 66.3 Å². The lowest BCUT2D eigenvalue weighted by atomic mass is 10.0. The van der Waals surface area contributed by atoms with Crippen molar-refractivity contribution in [2.75, 3.05) is 12.3 Å². The average molecular weight is 295 g/mol. The molecule has 1 heterocycles. The summed E-state index contributed by atoms with van der Waals surface area (Å²) in [6.07, 6.45) is 6.06. The van der Waals surface area contributed by atoms with Gasteiger partial charge >= 0.3 is 5.97 Å². The van der Waals surface area contributed by atoms with Gasteiger partial charge in [-0.15, -0.1) is 0 Å². The molecular formula is C16H29N3O2. The van der Waals surface area contributed by atoms with E-state index in [0.29, 0.717) is 12.4 Å². The van der Waals surface area contributed by atoms with Crippen LogP contribution in [-0.4, -0.2) is 22.1 Å². The molecule has 0 aromatic carbocycles. The van der Waals surface area contributed by atoms with Gasteiger partial charge < -0.3 is 15.0 Å². The molecule has 0 radical (unpaired) electrons. The number of nitrogens with two attached hydrogens (primary N) is 1. The molecule has 0 spiro atoms. The Hall–Kier alpha value is -1.52. The van der Waals surface area contributed by atoms with Crippen LogP contribution in [0, 0.1) is 12.8 Å². The van der Waals surface area contributed by atoms with Gasteiger partial charge in [-0.05, 0) is 26.2 Å². The van der Waals surface area contributed by atoms with Gasteiger partial charge in [-0.3, -0.25) is 0 Å². The number of nitrogen functional groups attached to an aromatic ring is 1. The van der Waals surface area contributed by atoms with Crippen LogP contribution in [0.15, 0.2) is 0 Å². The fourth-order valence-electron chi connectivity index (χ4n) is 2.39. The summed E-state index contributed by atoms with van der Waals surface area (Å²) in [4.78, 5) is 16.0. The number of carbonyl (C=O) groups excluding carboxylic acids is 1. The van der Waals surface area contributed by atoms with E-state index >= 15 is 0 Å². The Morgan fingerprint density at radius 2 is 1.95 bits per heavy atom. The minimum absolute atomic E-state index is 0.245. The van der Waals surface area contributed by atoms with Crippen molar-refractivity contribution in [3.8, 4) is 0 Å². The van der Waals surface area contributed by atoms with Gasteiger partial charge in [0.05, 0.1) is 6.61 Å². The first-order valence-corrected chi connectivity index (χ1v) is 7.97. The van der Waals surface area contributed by atoms with Crippen molar-refractivity contribution in [1.82, 2.24) is 9.55 Å². The molecule has 0 amide bonds. The molecular weight excluding hydrogens is 266 g/mol. The van der Waals surface area contributed by atoms with Crippen LogP contribution in [0.25, 0.3) is 0 Å². The van der Waals surface area contributed by atoms with E-state index in [9.17, 15) is 4.79 Å². The Balaban J connectivity index is 2.47. The van der Waals surface area contributed by atoms with Crippen molar-refractivity contribution < 1.29 is 9.53 Å². The molecule has 0 saturated carbocycles. The lowest BCUT2D eigenvalue weighted by Crippen LogP contribution is -2.10. The summed E-state index contributed by atoms with van der Waals surface area (Å²) in [7, 11) is 0. The average Bonchev–Trinajstić information content (AvgIpc) is 2.70. The number of esters is 1. The molecule has 0 aliphatic carbocycles. The molecule has 0 fully saturated rings. The van der Waals surface area contributed by atoms with Crippen LogP contribution >= 0.6 is 0 Å². The second-order valence-corrected chi connectivity index (χ2v) is 5.86. The van der Waals surface area contributed by atoms with E-state index in [1.165, 1.54) is 25.7 Å². The van der Waals surface area contributed by atoms with Crippen molar-refractivity contribution >= 4 is 11.8 Å². The maximum absolute atomic E-state index is 11.7. The fourth-order valence-corrected chi connectivity index (χ4v) is 2.39. The minimum Gasteiger partial charge on any atom is -0.461 e. The van der Waals surface area contributed by atoms with E-state index in [1.54, 1.807) is 6.92 Å². The van der Waals surface area contributed by atoms with Gasteiger partial charge in [0.15, 0.2) is 5.69 Å². The first-order valence-electron chi connectivity index (χ1n) is 7.97. The van der Waals surface area contributed by atoms with Gasteiger partial charge in [0.25, 0.3) is 0 Å². The van der Waals surface area contributed by atoms with Crippen LogP contribution in [0.4, 0.5) is 5.82 Å². The summed E-state index contributed by atoms with van der Waals surface area (Å²) in [6, 6.07) is 0. The zero-order valence-electron chi connectivity index (χ0n) is 13.8. The van der Waals surface area contributed by atoms with Gasteiger partial charge in [0, 0.05) is 6.54 Å². The highest BCUT2D eigenvalue weighted by molar-refractivity contribution is 5.92. The smallest absolute Gasteiger partial charge is 0.360 e. The van der Waals surface area contributed by atoms with E-state index in [-0.39, 0.29) is 5.69 Å². The summed E-state index contributed by atoms with van der Waals surface area (Å²) < 4.78 is 6.87. The highest BCUT2D eigenvalue weighted by atomic mass is 16.5.